The van der Waals surface area contributed by atoms with Crippen LogP contribution in [0.3, 0.4) is 0 Å². The van der Waals surface area contributed by atoms with Gasteiger partial charge in [-0.05, 0) is 36.6 Å². The summed E-state index contributed by atoms with van der Waals surface area (Å²) in [5.41, 5.74) is 1.13. The van der Waals surface area contributed by atoms with Gasteiger partial charge in [0.2, 0.25) is 11.8 Å². The zero-order chi connectivity index (χ0) is 15.8. The molecule has 1 aromatic rings. The Balaban J connectivity index is 2.67. The standard InChI is InChI=1S/C16H21N3O2/c1-12(2)8-9-18-16(21)11-19(13(3)20)15-6-4-14(10-17)5-7-15/h4-7,12H,8-9,11H2,1-3H3,(H,18,21). The number of carbonyl (C=O) groups is 2. The van der Waals surface area contributed by atoms with E-state index in [0.29, 0.717) is 23.7 Å². The average Bonchev–Trinajstić information content (AvgIpc) is 2.44. The molecule has 5 nitrogen and oxygen atoms in total. The van der Waals surface area contributed by atoms with Crippen molar-refractivity contribution in [3.05, 3.63) is 29.8 Å². The maximum absolute atomic E-state index is 11.9. The lowest BCUT2D eigenvalue weighted by Gasteiger charge is -2.20. The molecule has 0 saturated carbocycles. The molecule has 0 aliphatic carbocycles. The number of carbonyl (C=O) groups excluding carboxylic acids is 2. The predicted octanol–water partition coefficient (Wildman–Crippen LogP) is 2.07. The van der Waals surface area contributed by atoms with Gasteiger partial charge in [-0.1, -0.05) is 13.8 Å². The van der Waals surface area contributed by atoms with Crippen molar-refractivity contribution in [2.24, 2.45) is 5.92 Å². The molecule has 0 aliphatic heterocycles. The molecule has 0 saturated heterocycles. The number of anilines is 1. The van der Waals surface area contributed by atoms with Crippen molar-refractivity contribution >= 4 is 17.5 Å². The summed E-state index contributed by atoms with van der Waals surface area (Å²) in [5, 5.41) is 11.6. The van der Waals surface area contributed by atoms with Crippen molar-refractivity contribution in [1.82, 2.24) is 5.32 Å². The number of nitrogens with one attached hydrogen (secondary N) is 1. The molecular formula is C16H21N3O2. The lowest BCUT2D eigenvalue weighted by molar-refractivity contribution is -0.123. The van der Waals surface area contributed by atoms with E-state index in [4.69, 9.17) is 5.26 Å². The van der Waals surface area contributed by atoms with Crippen LogP contribution in [0.5, 0.6) is 0 Å². The van der Waals surface area contributed by atoms with Gasteiger partial charge >= 0.3 is 0 Å². The largest absolute Gasteiger partial charge is 0.355 e. The second kappa shape index (κ2) is 8.05. The van der Waals surface area contributed by atoms with E-state index in [1.165, 1.54) is 11.8 Å². The average molecular weight is 287 g/mol. The molecule has 2 amide bonds. The fraction of sp³-hybridized carbons (Fsp3) is 0.438. The minimum absolute atomic E-state index is 0.0146. The van der Waals surface area contributed by atoms with Gasteiger partial charge in [-0.2, -0.15) is 5.26 Å². The minimum Gasteiger partial charge on any atom is -0.355 e. The smallest absolute Gasteiger partial charge is 0.240 e. The molecule has 0 fully saturated rings. The minimum atomic E-state index is -0.210. The molecule has 0 radical (unpaired) electrons. The molecule has 112 valence electrons. The van der Waals surface area contributed by atoms with Crippen LogP contribution < -0.4 is 10.2 Å². The summed E-state index contributed by atoms with van der Waals surface area (Å²) in [7, 11) is 0. The molecule has 1 aromatic carbocycles. The van der Waals surface area contributed by atoms with Crippen molar-refractivity contribution in [2.45, 2.75) is 27.2 Å². The Bertz CT molecular complexity index is 529. The van der Waals surface area contributed by atoms with Gasteiger partial charge in [0.1, 0.15) is 6.54 Å². The SMILES string of the molecule is CC(=O)N(CC(=O)NCCC(C)C)c1ccc(C#N)cc1. The lowest BCUT2D eigenvalue weighted by atomic mass is 10.1. The van der Waals surface area contributed by atoms with Crippen LogP contribution in [0, 0.1) is 17.2 Å². The Labute approximate surface area is 125 Å². The van der Waals surface area contributed by atoms with Gasteiger partial charge in [0.15, 0.2) is 0 Å². The highest BCUT2D eigenvalue weighted by molar-refractivity contribution is 5.97. The van der Waals surface area contributed by atoms with Crippen LogP contribution in [0.25, 0.3) is 0 Å². The fourth-order valence-electron chi connectivity index (χ4n) is 1.80. The highest BCUT2D eigenvalue weighted by Gasteiger charge is 2.15. The van der Waals surface area contributed by atoms with Crippen molar-refractivity contribution in [2.75, 3.05) is 18.0 Å². The molecule has 5 heteroatoms. The number of hydrogen-bond donors (Lipinski definition) is 1. The van der Waals surface area contributed by atoms with E-state index in [0.717, 1.165) is 6.42 Å². The van der Waals surface area contributed by atoms with Crippen LogP contribution in [0.2, 0.25) is 0 Å². The van der Waals surface area contributed by atoms with Gasteiger partial charge in [-0.25, -0.2) is 0 Å². The van der Waals surface area contributed by atoms with Crippen molar-refractivity contribution in [3.8, 4) is 6.07 Å². The second-order valence-corrected chi connectivity index (χ2v) is 5.30. The van der Waals surface area contributed by atoms with Crippen molar-refractivity contribution in [1.29, 1.82) is 5.26 Å². The Morgan fingerprint density at radius 2 is 1.90 bits per heavy atom. The predicted molar refractivity (Wildman–Crippen MR) is 81.6 cm³/mol. The summed E-state index contributed by atoms with van der Waals surface area (Å²) in [6, 6.07) is 8.61. The van der Waals surface area contributed by atoms with Gasteiger partial charge in [-0.15, -0.1) is 0 Å². The maximum Gasteiger partial charge on any atom is 0.240 e. The second-order valence-electron chi connectivity index (χ2n) is 5.30. The molecule has 1 rings (SSSR count). The van der Waals surface area contributed by atoms with Gasteiger partial charge < -0.3 is 10.2 Å². The zero-order valence-electron chi connectivity index (χ0n) is 12.7. The first-order valence-corrected chi connectivity index (χ1v) is 6.99. The molecular weight excluding hydrogens is 266 g/mol. The number of benzene rings is 1. The van der Waals surface area contributed by atoms with E-state index >= 15 is 0 Å². The summed E-state index contributed by atoms with van der Waals surface area (Å²) in [6.07, 6.45) is 0.905. The van der Waals surface area contributed by atoms with E-state index in [1.54, 1.807) is 24.3 Å². The summed E-state index contributed by atoms with van der Waals surface area (Å²) >= 11 is 0. The van der Waals surface area contributed by atoms with Crippen LogP contribution in [0.15, 0.2) is 24.3 Å². The normalized spacial score (nSPS) is 10.0. The third-order valence-corrected chi connectivity index (χ3v) is 3.03. The Morgan fingerprint density at radius 3 is 2.38 bits per heavy atom. The molecule has 21 heavy (non-hydrogen) atoms. The molecule has 0 aromatic heterocycles. The number of nitrogens with zero attached hydrogens (tertiary/aromatic N) is 2. The van der Waals surface area contributed by atoms with E-state index in [2.05, 4.69) is 19.2 Å². The van der Waals surface area contributed by atoms with Crippen LogP contribution >= 0.6 is 0 Å². The topological polar surface area (TPSA) is 73.2 Å². The molecule has 0 atom stereocenters. The van der Waals surface area contributed by atoms with E-state index < -0.39 is 0 Å². The van der Waals surface area contributed by atoms with Crippen LogP contribution in [-0.2, 0) is 9.59 Å². The highest BCUT2D eigenvalue weighted by Crippen LogP contribution is 2.15. The first-order valence-electron chi connectivity index (χ1n) is 6.99. The van der Waals surface area contributed by atoms with E-state index in [1.807, 2.05) is 6.07 Å². The van der Waals surface area contributed by atoms with Gasteiger partial charge in [-0.3, -0.25) is 9.59 Å². The van der Waals surface area contributed by atoms with E-state index in [-0.39, 0.29) is 18.4 Å². The van der Waals surface area contributed by atoms with E-state index in [9.17, 15) is 9.59 Å². The Kier molecular flexibility index (Phi) is 6.41. The first-order chi connectivity index (χ1) is 9.93. The van der Waals surface area contributed by atoms with Crippen LogP contribution in [-0.4, -0.2) is 24.9 Å². The molecule has 0 bridgehead atoms. The number of amides is 2. The molecule has 0 heterocycles. The maximum atomic E-state index is 11.9. The number of hydrogen-bond acceptors (Lipinski definition) is 3. The summed E-state index contributed by atoms with van der Waals surface area (Å²) in [4.78, 5) is 25.0. The first kappa shape index (κ1) is 16.7. The van der Waals surface area contributed by atoms with Crippen molar-refractivity contribution in [3.63, 3.8) is 0 Å². The lowest BCUT2D eigenvalue weighted by Crippen LogP contribution is -2.40. The molecule has 1 N–H and O–H groups in total. The Hall–Kier alpha value is -2.35. The zero-order valence-corrected chi connectivity index (χ0v) is 12.7. The third kappa shape index (κ3) is 5.65. The molecule has 0 aliphatic rings. The van der Waals surface area contributed by atoms with Gasteiger partial charge in [0.25, 0.3) is 0 Å². The van der Waals surface area contributed by atoms with Gasteiger partial charge in [0.05, 0.1) is 11.6 Å². The number of nitriles is 1. The molecule has 0 spiro atoms. The highest BCUT2D eigenvalue weighted by atomic mass is 16.2. The molecule has 0 unspecified atom stereocenters. The summed E-state index contributed by atoms with van der Waals surface area (Å²) < 4.78 is 0. The van der Waals surface area contributed by atoms with Crippen LogP contribution in [0.4, 0.5) is 5.69 Å². The van der Waals surface area contributed by atoms with Crippen LogP contribution in [0.1, 0.15) is 32.8 Å². The summed E-state index contributed by atoms with van der Waals surface area (Å²) in [5.74, 6) is 0.127. The fourth-order valence-corrected chi connectivity index (χ4v) is 1.80. The monoisotopic (exact) mass is 287 g/mol. The van der Waals surface area contributed by atoms with Gasteiger partial charge in [0, 0.05) is 19.2 Å². The Morgan fingerprint density at radius 1 is 1.29 bits per heavy atom. The van der Waals surface area contributed by atoms with Crippen molar-refractivity contribution < 1.29 is 9.59 Å². The number of rotatable bonds is 6. The quantitative estimate of drug-likeness (QED) is 0.870. The summed E-state index contributed by atoms with van der Waals surface area (Å²) in [6.45, 7) is 6.18. The third-order valence-electron chi connectivity index (χ3n) is 3.03.